The number of methoxy groups -OCH3 is 2. The molecule has 3 aromatic carbocycles. The molecule has 3 N–H and O–H groups in total. The summed E-state index contributed by atoms with van der Waals surface area (Å²) in [7, 11) is 3.11. The van der Waals surface area contributed by atoms with E-state index in [1.165, 1.54) is 12.1 Å². The Hall–Kier alpha value is -4.66. The number of nitrogen functional groups attached to an aromatic ring is 1. The molecule has 2 heterocycles. The molecule has 35 heavy (non-hydrogen) atoms. The summed E-state index contributed by atoms with van der Waals surface area (Å²) in [6, 6.07) is 18.5. The number of amides is 1. The molecule has 0 aliphatic carbocycles. The number of para-hydroxylation sites is 2. The Balaban J connectivity index is 1.69. The number of benzene rings is 3. The standard InChI is InChI=1S/C26H22FN5O3/c1-34-17-11-12-21(35-2)20(13-17)32-24(28)22(26(33)29-14-15-7-9-16(27)10-8-15)23-25(32)31-19-6-4-3-5-18(19)30-23/h3-13H,14,28H2,1-2H3,(H,29,33). The molecule has 8 nitrogen and oxygen atoms in total. The van der Waals surface area contributed by atoms with E-state index in [0.29, 0.717) is 39.4 Å². The van der Waals surface area contributed by atoms with Gasteiger partial charge < -0.3 is 20.5 Å². The van der Waals surface area contributed by atoms with Crippen molar-refractivity contribution in [3.05, 3.63) is 83.7 Å². The minimum Gasteiger partial charge on any atom is -0.497 e. The van der Waals surface area contributed by atoms with E-state index in [1.807, 2.05) is 24.3 Å². The summed E-state index contributed by atoms with van der Waals surface area (Å²) in [5.41, 5.74) is 10.1. The first-order chi connectivity index (χ1) is 17.0. The van der Waals surface area contributed by atoms with Crippen molar-refractivity contribution in [1.82, 2.24) is 19.9 Å². The van der Waals surface area contributed by atoms with Crippen LogP contribution >= 0.6 is 0 Å². The SMILES string of the molecule is COc1ccc(OC)c(-n2c(N)c(C(=O)NCc3ccc(F)cc3)c3nc4ccccc4nc32)c1. The summed E-state index contributed by atoms with van der Waals surface area (Å²) in [6.07, 6.45) is 0. The van der Waals surface area contributed by atoms with Crippen LogP contribution in [0.25, 0.3) is 27.9 Å². The van der Waals surface area contributed by atoms with Crippen molar-refractivity contribution in [3.63, 3.8) is 0 Å². The quantitative estimate of drug-likeness (QED) is 0.384. The number of carbonyl (C=O) groups excluding carboxylic acids is 1. The Morgan fingerprint density at radius 2 is 1.71 bits per heavy atom. The van der Waals surface area contributed by atoms with Gasteiger partial charge in [-0.15, -0.1) is 0 Å². The lowest BCUT2D eigenvalue weighted by Crippen LogP contribution is -2.24. The van der Waals surface area contributed by atoms with Gasteiger partial charge in [-0.25, -0.2) is 14.4 Å². The maximum absolute atomic E-state index is 13.4. The van der Waals surface area contributed by atoms with Crippen molar-refractivity contribution in [1.29, 1.82) is 0 Å². The number of ether oxygens (including phenoxy) is 2. The molecule has 5 rings (SSSR count). The van der Waals surface area contributed by atoms with Crippen LogP contribution in [0.15, 0.2) is 66.7 Å². The average Bonchev–Trinajstić information content (AvgIpc) is 3.16. The van der Waals surface area contributed by atoms with Crippen LogP contribution in [0.4, 0.5) is 10.2 Å². The number of rotatable bonds is 6. The third kappa shape index (κ3) is 3.97. The summed E-state index contributed by atoms with van der Waals surface area (Å²) in [5, 5.41) is 2.85. The Morgan fingerprint density at radius 1 is 1.00 bits per heavy atom. The zero-order valence-electron chi connectivity index (χ0n) is 19.1. The molecule has 0 spiro atoms. The molecule has 2 aromatic heterocycles. The monoisotopic (exact) mass is 471 g/mol. The molecular weight excluding hydrogens is 449 g/mol. The van der Waals surface area contributed by atoms with Crippen LogP contribution in [-0.4, -0.2) is 34.7 Å². The van der Waals surface area contributed by atoms with E-state index in [2.05, 4.69) is 5.32 Å². The van der Waals surface area contributed by atoms with Crippen LogP contribution in [0.3, 0.4) is 0 Å². The predicted octanol–water partition coefficient (Wildman–Crippen LogP) is 4.24. The van der Waals surface area contributed by atoms with Gasteiger partial charge in [-0.3, -0.25) is 9.36 Å². The number of nitrogens with zero attached hydrogens (tertiary/aromatic N) is 3. The number of halogens is 1. The van der Waals surface area contributed by atoms with E-state index in [-0.39, 0.29) is 23.7 Å². The largest absolute Gasteiger partial charge is 0.497 e. The first-order valence-electron chi connectivity index (χ1n) is 10.8. The highest BCUT2D eigenvalue weighted by molar-refractivity contribution is 6.11. The summed E-state index contributed by atoms with van der Waals surface area (Å²) in [6.45, 7) is 0.189. The molecule has 0 atom stereocenters. The van der Waals surface area contributed by atoms with E-state index in [4.69, 9.17) is 25.2 Å². The smallest absolute Gasteiger partial charge is 0.257 e. The van der Waals surface area contributed by atoms with Crippen LogP contribution in [0.2, 0.25) is 0 Å². The fourth-order valence-electron chi connectivity index (χ4n) is 3.97. The lowest BCUT2D eigenvalue weighted by atomic mass is 10.2. The van der Waals surface area contributed by atoms with Crippen LogP contribution in [0.1, 0.15) is 15.9 Å². The van der Waals surface area contributed by atoms with E-state index < -0.39 is 5.91 Å². The first kappa shape index (κ1) is 22.1. The molecule has 0 saturated heterocycles. The number of aromatic nitrogens is 3. The number of hydrogen-bond donors (Lipinski definition) is 2. The molecule has 9 heteroatoms. The van der Waals surface area contributed by atoms with Crippen molar-refractivity contribution < 1.29 is 18.7 Å². The maximum atomic E-state index is 13.4. The first-order valence-corrected chi connectivity index (χ1v) is 10.8. The highest BCUT2D eigenvalue weighted by atomic mass is 19.1. The van der Waals surface area contributed by atoms with Crippen molar-refractivity contribution in [3.8, 4) is 17.2 Å². The topological polar surface area (TPSA) is 104 Å². The molecule has 176 valence electrons. The molecule has 0 fully saturated rings. The van der Waals surface area contributed by atoms with Gasteiger partial charge in [0.1, 0.15) is 34.2 Å². The van der Waals surface area contributed by atoms with Crippen LogP contribution in [-0.2, 0) is 6.54 Å². The fourth-order valence-corrected chi connectivity index (χ4v) is 3.97. The number of anilines is 1. The molecule has 1 amide bonds. The number of hydrogen-bond acceptors (Lipinski definition) is 6. The van der Waals surface area contributed by atoms with E-state index in [0.717, 1.165) is 5.56 Å². The predicted molar refractivity (Wildman–Crippen MR) is 131 cm³/mol. The van der Waals surface area contributed by atoms with Gasteiger partial charge in [-0.1, -0.05) is 24.3 Å². The molecule has 0 radical (unpaired) electrons. The van der Waals surface area contributed by atoms with Crippen LogP contribution in [0, 0.1) is 5.82 Å². The second-order valence-electron chi connectivity index (χ2n) is 7.83. The summed E-state index contributed by atoms with van der Waals surface area (Å²) < 4.78 is 25.8. The lowest BCUT2D eigenvalue weighted by molar-refractivity contribution is 0.0953. The van der Waals surface area contributed by atoms with Crippen molar-refractivity contribution >= 4 is 33.9 Å². The average molecular weight is 471 g/mol. The molecule has 0 aliphatic rings. The maximum Gasteiger partial charge on any atom is 0.257 e. The van der Waals surface area contributed by atoms with Gasteiger partial charge in [0.25, 0.3) is 5.91 Å². The second kappa shape index (κ2) is 8.94. The van der Waals surface area contributed by atoms with Gasteiger partial charge in [-0.05, 0) is 42.0 Å². The van der Waals surface area contributed by atoms with E-state index in [9.17, 15) is 9.18 Å². The Morgan fingerprint density at radius 3 is 2.40 bits per heavy atom. The number of fused-ring (bicyclic) bond motifs is 2. The highest BCUT2D eigenvalue weighted by Gasteiger charge is 2.26. The third-order valence-corrected chi connectivity index (χ3v) is 5.72. The normalized spacial score (nSPS) is 11.1. The number of nitrogens with one attached hydrogen (secondary N) is 1. The Bertz CT molecular complexity index is 1560. The third-order valence-electron chi connectivity index (χ3n) is 5.72. The van der Waals surface area contributed by atoms with Crippen LogP contribution in [0.5, 0.6) is 11.5 Å². The molecule has 0 saturated carbocycles. The van der Waals surface area contributed by atoms with Gasteiger partial charge in [0.05, 0.1) is 30.9 Å². The zero-order valence-corrected chi connectivity index (χ0v) is 19.1. The summed E-state index contributed by atoms with van der Waals surface area (Å²) >= 11 is 0. The van der Waals surface area contributed by atoms with Crippen molar-refractivity contribution in [2.45, 2.75) is 6.54 Å². The molecule has 0 unspecified atom stereocenters. The molecule has 5 aromatic rings. The Kier molecular flexibility index (Phi) is 5.66. The lowest BCUT2D eigenvalue weighted by Gasteiger charge is -2.14. The van der Waals surface area contributed by atoms with E-state index >= 15 is 0 Å². The highest BCUT2D eigenvalue weighted by Crippen LogP contribution is 2.36. The van der Waals surface area contributed by atoms with Gasteiger partial charge in [-0.2, -0.15) is 0 Å². The molecular formula is C26H22FN5O3. The fraction of sp³-hybridized carbons (Fsp3) is 0.115. The minimum absolute atomic E-state index is 0.151. The van der Waals surface area contributed by atoms with Gasteiger partial charge in [0.2, 0.25) is 0 Å². The number of nitrogens with two attached hydrogens (primary N) is 1. The van der Waals surface area contributed by atoms with Crippen LogP contribution < -0.4 is 20.5 Å². The molecule has 0 aliphatic heterocycles. The van der Waals surface area contributed by atoms with Crippen molar-refractivity contribution in [2.24, 2.45) is 0 Å². The second-order valence-corrected chi connectivity index (χ2v) is 7.83. The van der Waals surface area contributed by atoms with Gasteiger partial charge in [0.15, 0.2) is 5.65 Å². The van der Waals surface area contributed by atoms with E-state index in [1.54, 1.807) is 49.1 Å². The summed E-state index contributed by atoms with van der Waals surface area (Å²) in [4.78, 5) is 22.9. The van der Waals surface area contributed by atoms with Gasteiger partial charge in [0, 0.05) is 12.6 Å². The Labute approximate surface area is 200 Å². The minimum atomic E-state index is -0.429. The zero-order chi connectivity index (χ0) is 24.5. The molecule has 0 bridgehead atoms. The number of carbonyl (C=O) groups is 1. The van der Waals surface area contributed by atoms with Crippen molar-refractivity contribution in [2.75, 3.05) is 20.0 Å². The summed E-state index contributed by atoms with van der Waals surface area (Å²) in [5.74, 6) is 0.475. The van der Waals surface area contributed by atoms with Gasteiger partial charge >= 0.3 is 0 Å².